The molecule has 22 heavy (non-hydrogen) atoms. The third-order valence-electron chi connectivity index (χ3n) is 4.15. The van der Waals surface area contributed by atoms with E-state index in [0.29, 0.717) is 25.7 Å². The van der Waals surface area contributed by atoms with Gasteiger partial charge in [-0.1, -0.05) is 6.07 Å². The van der Waals surface area contributed by atoms with Gasteiger partial charge in [-0.15, -0.1) is 11.3 Å². The number of H-pyrrole nitrogens is 1. The molecular weight excluding hydrogens is 298 g/mol. The van der Waals surface area contributed by atoms with Gasteiger partial charge in [-0.3, -0.25) is 5.10 Å². The molecule has 1 atom stereocenters. The number of piperidine rings is 1. The number of β-amino-alcohol motifs (C(OH)–C–C–N with tert-alkyl or cyclic N) is 1. The Labute approximate surface area is 134 Å². The van der Waals surface area contributed by atoms with Gasteiger partial charge >= 0.3 is 0 Å². The Morgan fingerprint density at radius 2 is 2.27 bits per heavy atom. The lowest BCUT2D eigenvalue weighted by molar-refractivity contribution is 0.00689. The number of ether oxygens (including phenoxy) is 1. The first-order valence-corrected chi connectivity index (χ1v) is 8.69. The smallest absolute Gasteiger partial charge is 0.0900 e. The predicted octanol–water partition coefficient (Wildman–Crippen LogP) is 2.23. The Bertz CT molecular complexity index is 522. The Kier molecular flexibility index (Phi) is 5.61. The molecule has 2 aromatic heterocycles. The molecule has 1 saturated heterocycles. The van der Waals surface area contributed by atoms with Crippen LogP contribution >= 0.6 is 11.3 Å². The summed E-state index contributed by atoms with van der Waals surface area (Å²) < 4.78 is 5.58. The fourth-order valence-electron chi connectivity index (χ4n) is 2.96. The van der Waals surface area contributed by atoms with Crippen LogP contribution in [0.25, 0.3) is 0 Å². The van der Waals surface area contributed by atoms with E-state index in [1.54, 1.807) is 11.3 Å². The van der Waals surface area contributed by atoms with Crippen LogP contribution in [0.15, 0.2) is 29.8 Å². The summed E-state index contributed by atoms with van der Waals surface area (Å²) >= 11 is 1.68. The molecule has 0 aliphatic carbocycles. The third-order valence-corrected chi connectivity index (χ3v) is 5.00. The van der Waals surface area contributed by atoms with Gasteiger partial charge in [-0.05, 0) is 43.4 Å². The van der Waals surface area contributed by atoms with Gasteiger partial charge in [-0.2, -0.15) is 5.10 Å². The van der Waals surface area contributed by atoms with Gasteiger partial charge in [0.05, 0.1) is 19.3 Å². The molecule has 2 aromatic rings. The fraction of sp³-hybridized carbons (Fsp3) is 0.562. The zero-order chi connectivity index (χ0) is 15.2. The van der Waals surface area contributed by atoms with Gasteiger partial charge in [0.25, 0.3) is 0 Å². The Morgan fingerprint density at radius 3 is 2.95 bits per heavy atom. The van der Waals surface area contributed by atoms with Crippen LogP contribution in [0.2, 0.25) is 0 Å². The van der Waals surface area contributed by atoms with Crippen molar-refractivity contribution in [1.29, 1.82) is 0 Å². The molecule has 0 amide bonds. The van der Waals surface area contributed by atoms with E-state index in [1.165, 1.54) is 10.6 Å². The maximum absolute atomic E-state index is 10.1. The summed E-state index contributed by atoms with van der Waals surface area (Å²) in [6.07, 6.45) is 3.63. The number of aromatic nitrogens is 2. The summed E-state index contributed by atoms with van der Waals surface area (Å²) in [5, 5.41) is 19.2. The maximum atomic E-state index is 10.1. The average Bonchev–Trinajstić information content (AvgIpc) is 3.21. The number of aliphatic hydroxyl groups excluding tert-OH is 1. The molecule has 0 saturated carbocycles. The summed E-state index contributed by atoms with van der Waals surface area (Å²) in [6.45, 7) is 3.73. The summed E-state index contributed by atoms with van der Waals surface area (Å²) in [6, 6.07) is 6.13. The van der Waals surface area contributed by atoms with E-state index < -0.39 is 6.10 Å². The topological polar surface area (TPSA) is 61.4 Å². The lowest BCUT2D eigenvalue weighted by Crippen LogP contribution is -2.39. The van der Waals surface area contributed by atoms with Crippen LogP contribution < -0.4 is 0 Å². The van der Waals surface area contributed by atoms with Crippen molar-refractivity contribution in [2.45, 2.75) is 31.5 Å². The van der Waals surface area contributed by atoms with E-state index in [-0.39, 0.29) is 0 Å². The van der Waals surface area contributed by atoms with Gasteiger partial charge in [0.2, 0.25) is 0 Å². The number of nitrogens with zero attached hydrogens (tertiary/aromatic N) is 2. The molecule has 5 nitrogen and oxygen atoms in total. The number of hydrogen-bond acceptors (Lipinski definition) is 5. The van der Waals surface area contributed by atoms with E-state index in [4.69, 9.17) is 4.74 Å². The van der Waals surface area contributed by atoms with E-state index >= 15 is 0 Å². The second-order valence-corrected chi connectivity index (χ2v) is 6.87. The van der Waals surface area contributed by atoms with Crippen molar-refractivity contribution in [1.82, 2.24) is 15.1 Å². The summed E-state index contributed by atoms with van der Waals surface area (Å²) in [5.41, 5.74) is 1.24. The first-order valence-electron chi connectivity index (χ1n) is 7.81. The van der Waals surface area contributed by atoms with Crippen LogP contribution in [0.5, 0.6) is 0 Å². The third kappa shape index (κ3) is 4.39. The molecule has 3 heterocycles. The minimum Gasteiger partial charge on any atom is -0.389 e. The van der Waals surface area contributed by atoms with Crippen LogP contribution in [-0.4, -0.2) is 52.5 Å². The molecule has 6 heteroatoms. The Morgan fingerprint density at radius 1 is 1.41 bits per heavy atom. The van der Waals surface area contributed by atoms with E-state index in [2.05, 4.69) is 27.2 Å². The first kappa shape index (κ1) is 15.7. The fourth-order valence-corrected chi connectivity index (χ4v) is 3.60. The standard InChI is InChI=1S/C16H23N3O2S/c20-14(11-21-12-15-2-1-9-22-15)10-19-7-4-13(5-8-19)16-3-6-17-18-16/h1-3,6,9,13-14,20H,4-5,7-8,10-12H2,(H,17,18)/t14-/m0/s1. The zero-order valence-electron chi connectivity index (χ0n) is 12.6. The van der Waals surface area contributed by atoms with Gasteiger partial charge < -0.3 is 14.7 Å². The molecule has 120 valence electrons. The van der Waals surface area contributed by atoms with E-state index in [0.717, 1.165) is 25.9 Å². The zero-order valence-corrected chi connectivity index (χ0v) is 13.5. The van der Waals surface area contributed by atoms with Crippen molar-refractivity contribution in [3.8, 4) is 0 Å². The highest BCUT2D eigenvalue weighted by Gasteiger charge is 2.22. The largest absolute Gasteiger partial charge is 0.389 e. The highest BCUT2D eigenvalue weighted by atomic mass is 32.1. The summed E-state index contributed by atoms with van der Waals surface area (Å²) in [7, 11) is 0. The van der Waals surface area contributed by atoms with Gasteiger partial charge in [0.1, 0.15) is 0 Å². The second-order valence-electron chi connectivity index (χ2n) is 5.84. The monoisotopic (exact) mass is 321 g/mol. The molecule has 0 unspecified atom stereocenters. The molecule has 0 spiro atoms. The number of hydrogen-bond donors (Lipinski definition) is 2. The molecule has 0 radical (unpaired) electrons. The molecule has 2 N–H and O–H groups in total. The van der Waals surface area contributed by atoms with Crippen LogP contribution in [-0.2, 0) is 11.3 Å². The number of thiophene rings is 1. The highest BCUT2D eigenvalue weighted by molar-refractivity contribution is 7.09. The van der Waals surface area contributed by atoms with Crippen molar-refractivity contribution in [2.24, 2.45) is 0 Å². The number of rotatable bonds is 7. The lowest BCUT2D eigenvalue weighted by atomic mass is 9.93. The number of aliphatic hydroxyl groups is 1. The van der Waals surface area contributed by atoms with Crippen LogP contribution in [0.4, 0.5) is 0 Å². The van der Waals surface area contributed by atoms with Crippen LogP contribution in [0.1, 0.15) is 29.3 Å². The van der Waals surface area contributed by atoms with Gasteiger partial charge in [0.15, 0.2) is 0 Å². The minimum atomic E-state index is -0.413. The van der Waals surface area contributed by atoms with Crippen LogP contribution in [0, 0.1) is 0 Å². The van der Waals surface area contributed by atoms with Crippen molar-refractivity contribution in [3.05, 3.63) is 40.3 Å². The molecule has 0 aromatic carbocycles. The van der Waals surface area contributed by atoms with Crippen molar-refractivity contribution in [3.63, 3.8) is 0 Å². The molecular formula is C16H23N3O2S. The van der Waals surface area contributed by atoms with E-state index in [1.807, 2.05) is 17.6 Å². The van der Waals surface area contributed by atoms with E-state index in [9.17, 15) is 5.11 Å². The molecule has 1 aliphatic heterocycles. The Hall–Kier alpha value is -1.21. The SMILES string of the molecule is O[C@H](COCc1cccs1)CN1CCC(c2ccn[nH]2)CC1. The molecule has 1 fully saturated rings. The number of likely N-dealkylation sites (tertiary alicyclic amines) is 1. The maximum Gasteiger partial charge on any atom is 0.0900 e. The second kappa shape index (κ2) is 7.87. The normalized spacial score (nSPS) is 18.6. The predicted molar refractivity (Wildman–Crippen MR) is 87.0 cm³/mol. The number of nitrogens with one attached hydrogen (secondary N) is 1. The van der Waals surface area contributed by atoms with Crippen molar-refractivity contribution < 1.29 is 9.84 Å². The highest BCUT2D eigenvalue weighted by Crippen LogP contribution is 2.26. The summed E-state index contributed by atoms with van der Waals surface area (Å²) in [5.74, 6) is 0.575. The molecule has 1 aliphatic rings. The average molecular weight is 321 g/mol. The van der Waals surface area contributed by atoms with Gasteiger partial charge in [-0.25, -0.2) is 0 Å². The minimum absolute atomic E-state index is 0.401. The quantitative estimate of drug-likeness (QED) is 0.821. The first-order chi connectivity index (χ1) is 10.8. The van der Waals surface area contributed by atoms with Gasteiger partial charge in [0, 0.05) is 29.2 Å². The lowest BCUT2D eigenvalue weighted by Gasteiger charge is -2.32. The molecule has 3 rings (SSSR count). The summed E-state index contributed by atoms with van der Waals surface area (Å²) in [4.78, 5) is 3.53. The Balaban J connectivity index is 1.33. The molecule has 0 bridgehead atoms. The van der Waals surface area contributed by atoms with Crippen molar-refractivity contribution >= 4 is 11.3 Å². The van der Waals surface area contributed by atoms with Crippen molar-refractivity contribution in [2.75, 3.05) is 26.2 Å². The number of aromatic amines is 1. The van der Waals surface area contributed by atoms with Crippen LogP contribution in [0.3, 0.4) is 0 Å².